The van der Waals surface area contributed by atoms with Crippen LogP contribution in [0.15, 0.2) is 89.9 Å². The Labute approximate surface area is 183 Å². The van der Waals surface area contributed by atoms with E-state index in [0.29, 0.717) is 30.9 Å². The number of carbonyl (C=O) groups excluding carboxylic acids is 2. The van der Waals surface area contributed by atoms with Crippen molar-refractivity contribution >= 4 is 43.6 Å². The van der Waals surface area contributed by atoms with Gasteiger partial charge in [0.1, 0.15) is 0 Å². The van der Waals surface area contributed by atoms with Crippen molar-refractivity contribution in [2.24, 2.45) is 4.99 Å². The topological polar surface area (TPSA) is 76.3 Å². The summed E-state index contributed by atoms with van der Waals surface area (Å²) >= 11 is 5.44. The van der Waals surface area contributed by atoms with Crippen molar-refractivity contribution in [1.82, 2.24) is 9.78 Å². The minimum absolute atomic E-state index is 0.320. The van der Waals surface area contributed by atoms with Crippen LogP contribution < -0.4 is 9.68 Å². The van der Waals surface area contributed by atoms with Crippen LogP contribution in [0.4, 0.5) is 5.69 Å². The van der Waals surface area contributed by atoms with Crippen LogP contribution in [0.3, 0.4) is 0 Å². The quantitative estimate of drug-likeness (QED) is 0.453. The van der Waals surface area contributed by atoms with E-state index < -0.39 is 14.5 Å². The normalized spacial score (nSPS) is 11.3. The van der Waals surface area contributed by atoms with E-state index in [4.69, 9.17) is 11.6 Å². The molecule has 0 radical (unpaired) electrons. The monoisotopic (exact) mass is 482 g/mol. The Bertz CT molecular complexity index is 1250. The third-order valence-corrected chi connectivity index (χ3v) is 6.23. The number of rotatable bonds is 4. The molecule has 148 valence electrons. The van der Waals surface area contributed by atoms with Gasteiger partial charge >= 0.3 is 183 Å². The number of hydrogen-bond donors (Lipinski definition) is 1. The number of halogens is 1. The molecular weight excluding hydrogens is 467 g/mol. The number of aromatic nitrogens is 2. The number of nitrogens with one attached hydrogen (secondary N) is 1. The van der Waals surface area contributed by atoms with Crippen LogP contribution >= 0.6 is 11.6 Å². The molecule has 0 atom stereocenters. The minimum atomic E-state index is -0.553. The molecule has 8 heteroatoms. The summed E-state index contributed by atoms with van der Waals surface area (Å²) in [4.78, 5) is 29.6. The first-order chi connectivity index (χ1) is 14.6. The van der Waals surface area contributed by atoms with Gasteiger partial charge in [-0.2, -0.15) is 0 Å². The van der Waals surface area contributed by atoms with Crippen LogP contribution in [-0.2, 0) is 0 Å². The number of hydrogen-bond acceptors (Lipinski definition) is 3. The molecule has 2 amide bonds. The van der Waals surface area contributed by atoms with Gasteiger partial charge in [-0.05, 0) is 0 Å². The molecule has 0 saturated heterocycles. The molecule has 3 aromatic carbocycles. The first-order valence-corrected chi connectivity index (χ1v) is 11.1. The molecule has 4 aromatic rings. The Kier molecular flexibility index (Phi) is 6.04. The molecule has 1 aromatic heterocycles. The third kappa shape index (κ3) is 4.66. The van der Waals surface area contributed by atoms with Crippen molar-refractivity contribution in [3.63, 3.8) is 0 Å². The van der Waals surface area contributed by atoms with Crippen molar-refractivity contribution in [2.45, 2.75) is 0 Å². The van der Waals surface area contributed by atoms with E-state index in [1.807, 2.05) is 24.3 Å². The predicted octanol–water partition coefficient (Wildman–Crippen LogP) is 3.58. The molecular formula is C22H15ClN4O2Se. The van der Waals surface area contributed by atoms with Gasteiger partial charge < -0.3 is 0 Å². The number of para-hydroxylation sites is 1. The summed E-state index contributed by atoms with van der Waals surface area (Å²) in [6, 6.07) is 24.9. The molecule has 1 heterocycles. The molecule has 0 unspecified atom stereocenters. The standard InChI is InChI=1S/C22H15ClN4O2Se/c23-16-11-13-18(14-12-16)27-22(25-19(28)15-7-3-1-4-8-15)30-21(26-27)20(29)24-17-9-5-2-6-10-17/h1-14H,(H,24,29). The van der Waals surface area contributed by atoms with Gasteiger partial charge in [0, 0.05) is 0 Å². The maximum atomic E-state index is 12.7. The van der Waals surface area contributed by atoms with Gasteiger partial charge in [0.05, 0.1) is 0 Å². The van der Waals surface area contributed by atoms with E-state index in [1.165, 1.54) is 4.68 Å². The first-order valence-electron chi connectivity index (χ1n) is 8.97. The zero-order valence-electron chi connectivity index (χ0n) is 15.5. The fraction of sp³-hybridized carbons (Fsp3) is 0. The van der Waals surface area contributed by atoms with Crippen LogP contribution in [0.25, 0.3) is 5.69 Å². The summed E-state index contributed by atoms with van der Waals surface area (Å²) < 4.78 is 2.27. The molecule has 30 heavy (non-hydrogen) atoms. The van der Waals surface area contributed by atoms with Gasteiger partial charge in [0.2, 0.25) is 0 Å². The summed E-state index contributed by atoms with van der Waals surface area (Å²) in [6.07, 6.45) is 0. The molecule has 6 nitrogen and oxygen atoms in total. The predicted molar refractivity (Wildman–Crippen MR) is 116 cm³/mol. The average Bonchev–Trinajstić information content (AvgIpc) is 3.19. The molecule has 0 aliphatic heterocycles. The van der Waals surface area contributed by atoms with E-state index in [1.54, 1.807) is 60.7 Å². The molecule has 4 rings (SSSR count). The zero-order chi connectivity index (χ0) is 20.9. The van der Waals surface area contributed by atoms with Crippen molar-refractivity contribution in [3.05, 3.63) is 104 Å². The summed E-state index contributed by atoms with van der Waals surface area (Å²) in [5, 5.41) is 7.86. The number of amides is 2. The molecule has 0 bridgehead atoms. The number of nitrogens with zero attached hydrogens (tertiary/aromatic N) is 3. The van der Waals surface area contributed by atoms with Crippen molar-refractivity contribution < 1.29 is 9.59 Å². The molecule has 0 spiro atoms. The summed E-state index contributed by atoms with van der Waals surface area (Å²) in [6.45, 7) is 0. The van der Waals surface area contributed by atoms with E-state index in [2.05, 4.69) is 15.4 Å². The molecule has 0 aliphatic carbocycles. The van der Waals surface area contributed by atoms with E-state index >= 15 is 0 Å². The third-order valence-electron chi connectivity index (χ3n) is 4.08. The molecule has 0 saturated carbocycles. The second-order valence-electron chi connectivity index (χ2n) is 6.18. The molecule has 0 fully saturated rings. The van der Waals surface area contributed by atoms with Gasteiger partial charge in [-0.3, -0.25) is 0 Å². The number of anilines is 1. The van der Waals surface area contributed by atoms with E-state index in [0.717, 1.165) is 0 Å². The van der Waals surface area contributed by atoms with Crippen LogP contribution in [0.1, 0.15) is 19.7 Å². The summed E-state index contributed by atoms with van der Waals surface area (Å²) in [5.74, 6) is -0.705. The fourth-order valence-electron chi connectivity index (χ4n) is 2.63. The van der Waals surface area contributed by atoms with Gasteiger partial charge in [-0.25, -0.2) is 0 Å². The Morgan fingerprint density at radius 3 is 2.20 bits per heavy atom. The molecule has 1 N–H and O–H groups in total. The van der Waals surface area contributed by atoms with E-state index in [9.17, 15) is 9.59 Å². The van der Waals surface area contributed by atoms with E-state index in [-0.39, 0.29) is 11.8 Å². The molecule has 0 aliphatic rings. The Balaban J connectivity index is 1.75. The van der Waals surface area contributed by atoms with Crippen LogP contribution in [0, 0.1) is 0 Å². The van der Waals surface area contributed by atoms with Crippen LogP contribution in [0.5, 0.6) is 0 Å². The van der Waals surface area contributed by atoms with Crippen LogP contribution in [-0.4, -0.2) is 36.1 Å². The van der Waals surface area contributed by atoms with Gasteiger partial charge in [0.15, 0.2) is 0 Å². The maximum absolute atomic E-state index is 12.7. The second kappa shape index (κ2) is 9.05. The first kappa shape index (κ1) is 20.0. The number of carbonyl (C=O) groups is 2. The Morgan fingerprint density at radius 2 is 1.53 bits per heavy atom. The Hall–Kier alpha value is -3.25. The fourth-order valence-corrected chi connectivity index (χ4v) is 4.44. The second-order valence-corrected chi connectivity index (χ2v) is 8.62. The van der Waals surface area contributed by atoms with Crippen molar-refractivity contribution in [3.8, 4) is 5.69 Å². The SMILES string of the molecule is O=C(N=c1[se]c(C(=O)Nc2ccccc2)nn1-c1ccc(Cl)cc1)c1ccccc1. The zero-order valence-corrected chi connectivity index (χ0v) is 18.0. The number of benzene rings is 3. The Morgan fingerprint density at radius 1 is 0.900 bits per heavy atom. The summed E-state index contributed by atoms with van der Waals surface area (Å²) in [5.41, 5.74) is 1.81. The average molecular weight is 482 g/mol. The van der Waals surface area contributed by atoms with Gasteiger partial charge in [-0.1, -0.05) is 0 Å². The van der Waals surface area contributed by atoms with Crippen molar-refractivity contribution in [2.75, 3.05) is 5.32 Å². The van der Waals surface area contributed by atoms with Gasteiger partial charge in [0.25, 0.3) is 0 Å². The van der Waals surface area contributed by atoms with Crippen molar-refractivity contribution in [1.29, 1.82) is 0 Å². The van der Waals surface area contributed by atoms with Crippen LogP contribution in [0.2, 0.25) is 5.02 Å². The van der Waals surface area contributed by atoms with Gasteiger partial charge in [-0.15, -0.1) is 0 Å². The summed E-state index contributed by atoms with van der Waals surface area (Å²) in [7, 11) is 0.